The molecule has 3 N–H and O–H groups in total. The molecule has 10 nitrogen and oxygen atoms in total. The molecular formula is C39H42ClF3N4O6S. The van der Waals surface area contributed by atoms with Gasteiger partial charge in [0, 0.05) is 29.6 Å². The van der Waals surface area contributed by atoms with Crippen LogP contribution in [0.25, 0.3) is 0 Å². The molecule has 3 aliphatic rings. The molecule has 3 aromatic rings. The summed E-state index contributed by atoms with van der Waals surface area (Å²) in [7, 11) is -4.04. The van der Waals surface area contributed by atoms with Gasteiger partial charge in [0.15, 0.2) is 0 Å². The maximum atomic E-state index is 14.7. The van der Waals surface area contributed by atoms with Crippen molar-refractivity contribution >= 4 is 45.0 Å². The lowest BCUT2D eigenvalue weighted by atomic mass is 9.84. The van der Waals surface area contributed by atoms with Crippen molar-refractivity contribution < 1.29 is 40.7 Å². The number of nitrogens with one attached hydrogen (secondary N) is 3. The van der Waals surface area contributed by atoms with Crippen LogP contribution in [0.15, 0.2) is 79.4 Å². The molecule has 0 bridgehead atoms. The molecule has 2 fully saturated rings. The van der Waals surface area contributed by atoms with Crippen LogP contribution < -0.4 is 20.1 Å². The standard InChI is InChI=1S/C39H42ClF3N4O6S/c1-6-25-21-38(25,35(50)46-54(51,52)37(5)15-16-37)45-33(48)31-18-24-17-30(53-29-12-8-10-27(40)20-29)14-13-23(24)22-47(31)34(49)32(36(2,3)4)44-28-11-7-9-26(19-28)39(41,42)43/h6-14,17,19-20,25,31-32,44H,1,15-16,18,21-22H2,2-5H3,(H,45,48)(H,46,50). The zero-order valence-electron chi connectivity index (χ0n) is 30.2. The number of ether oxygens (including phenoxy) is 1. The van der Waals surface area contributed by atoms with Gasteiger partial charge < -0.3 is 20.3 Å². The Balaban J connectivity index is 1.34. The molecule has 3 aromatic carbocycles. The van der Waals surface area contributed by atoms with Gasteiger partial charge in [-0.25, -0.2) is 8.42 Å². The second-order valence-electron chi connectivity index (χ2n) is 15.6. The molecule has 6 rings (SSSR count). The molecule has 54 heavy (non-hydrogen) atoms. The van der Waals surface area contributed by atoms with Crippen LogP contribution in [0.5, 0.6) is 11.5 Å². The van der Waals surface area contributed by atoms with Crippen LogP contribution in [0.4, 0.5) is 18.9 Å². The fraction of sp³-hybridized carbons (Fsp3) is 0.410. The van der Waals surface area contributed by atoms with E-state index >= 15 is 0 Å². The predicted octanol–water partition coefficient (Wildman–Crippen LogP) is 6.99. The molecule has 288 valence electrons. The highest BCUT2D eigenvalue weighted by Crippen LogP contribution is 2.47. The minimum absolute atomic E-state index is 0.0209. The molecule has 0 saturated heterocycles. The lowest BCUT2D eigenvalue weighted by Gasteiger charge is -2.41. The molecule has 0 aromatic heterocycles. The highest BCUT2D eigenvalue weighted by molar-refractivity contribution is 7.91. The summed E-state index contributed by atoms with van der Waals surface area (Å²) < 4.78 is 74.0. The van der Waals surface area contributed by atoms with Crippen LogP contribution in [-0.2, 0) is 43.5 Å². The summed E-state index contributed by atoms with van der Waals surface area (Å²) in [5, 5.41) is 6.25. The van der Waals surface area contributed by atoms with Crippen molar-refractivity contribution in [3.05, 3.63) is 101 Å². The van der Waals surface area contributed by atoms with Crippen molar-refractivity contribution in [3.63, 3.8) is 0 Å². The molecule has 0 spiro atoms. The van der Waals surface area contributed by atoms with Gasteiger partial charge in [-0.3, -0.25) is 19.1 Å². The van der Waals surface area contributed by atoms with Crippen LogP contribution in [0.1, 0.15) is 63.6 Å². The van der Waals surface area contributed by atoms with Crippen LogP contribution in [-0.4, -0.2) is 53.4 Å². The number of carbonyl (C=O) groups excluding carboxylic acids is 3. The summed E-state index contributed by atoms with van der Waals surface area (Å²) in [6, 6.07) is 14.2. The second-order valence-corrected chi connectivity index (χ2v) is 18.2. The largest absolute Gasteiger partial charge is 0.457 e. The van der Waals surface area contributed by atoms with E-state index in [1.165, 1.54) is 30.0 Å². The molecule has 2 saturated carbocycles. The van der Waals surface area contributed by atoms with Gasteiger partial charge in [-0.1, -0.05) is 56.6 Å². The third kappa shape index (κ3) is 7.95. The smallest absolute Gasteiger partial charge is 0.416 e. The van der Waals surface area contributed by atoms with E-state index in [4.69, 9.17) is 16.3 Å². The molecule has 2 aliphatic carbocycles. The average molecular weight is 787 g/mol. The van der Waals surface area contributed by atoms with Crippen LogP contribution in [0.2, 0.25) is 5.02 Å². The normalized spacial score (nSPS) is 22.3. The Hall–Kier alpha value is -4.56. The molecule has 3 amide bonds. The van der Waals surface area contributed by atoms with Crippen molar-refractivity contribution in [1.82, 2.24) is 14.9 Å². The Kier molecular flexibility index (Phi) is 10.1. The number of rotatable bonds is 11. The van der Waals surface area contributed by atoms with E-state index in [2.05, 4.69) is 21.9 Å². The highest BCUT2D eigenvalue weighted by atomic mass is 35.5. The number of alkyl halides is 3. The quantitative estimate of drug-likeness (QED) is 0.179. The van der Waals surface area contributed by atoms with Crippen molar-refractivity contribution in [2.75, 3.05) is 5.32 Å². The lowest BCUT2D eigenvalue weighted by Crippen LogP contribution is -2.61. The maximum Gasteiger partial charge on any atom is 0.416 e. The molecule has 4 unspecified atom stereocenters. The number of hydrogen-bond acceptors (Lipinski definition) is 7. The molecular weight excluding hydrogens is 745 g/mol. The van der Waals surface area contributed by atoms with Gasteiger partial charge in [-0.05, 0) is 91.3 Å². The fourth-order valence-corrected chi connectivity index (χ4v) is 8.13. The van der Waals surface area contributed by atoms with Gasteiger partial charge in [-0.15, -0.1) is 6.58 Å². The third-order valence-electron chi connectivity index (χ3n) is 10.4. The van der Waals surface area contributed by atoms with E-state index in [1.807, 2.05) is 0 Å². The summed E-state index contributed by atoms with van der Waals surface area (Å²) in [6.45, 7) is 10.5. The molecule has 4 atom stereocenters. The van der Waals surface area contributed by atoms with Crippen molar-refractivity contribution in [3.8, 4) is 11.5 Å². The first-order valence-electron chi connectivity index (χ1n) is 17.5. The Morgan fingerprint density at radius 1 is 1.00 bits per heavy atom. The van der Waals surface area contributed by atoms with Gasteiger partial charge in [-0.2, -0.15) is 13.2 Å². The summed E-state index contributed by atoms with van der Waals surface area (Å²) in [5.74, 6) is -1.83. The number of halogens is 4. The zero-order valence-corrected chi connectivity index (χ0v) is 31.8. The van der Waals surface area contributed by atoms with Crippen LogP contribution >= 0.6 is 11.6 Å². The number of anilines is 1. The Bertz CT molecular complexity index is 2120. The summed E-state index contributed by atoms with van der Waals surface area (Å²) in [6.07, 6.45) is -2.28. The maximum absolute atomic E-state index is 14.7. The number of carbonyl (C=O) groups is 3. The summed E-state index contributed by atoms with van der Waals surface area (Å²) in [4.78, 5) is 44.1. The minimum Gasteiger partial charge on any atom is -0.457 e. The first-order chi connectivity index (χ1) is 25.2. The topological polar surface area (TPSA) is 134 Å². The zero-order chi connectivity index (χ0) is 39.4. The second kappa shape index (κ2) is 13.9. The van der Waals surface area contributed by atoms with Crippen LogP contribution in [0, 0.1) is 11.3 Å². The van der Waals surface area contributed by atoms with Gasteiger partial charge in [0.1, 0.15) is 29.1 Å². The number of hydrogen-bond donors (Lipinski definition) is 3. The van der Waals surface area contributed by atoms with E-state index in [0.29, 0.717) is 40.5 Å². The number of nitrogens with zero attached hydrogens (tertiary/aromatic N) is 1. The number of fused-ring (bicyclic) bond motifs is 1. The lowest BCUT2D eigenvalue weighted by molar-refractivity contribution is -0.145. The fourth-order valence-electron chi connectivity index (χ4n) is 6.64. The molecule has 15 heteroatoms. The number of sulfonamides is 1. The van der Waals surface area contributed by atoms with Gasteiger partial charge in [0.05, 0.1) is 10.3 Å². The monoisotopic (exact) mass is 786 g/mol. The first kappa shape index (κ1) is 39.1. The van der Waals surface area contributed by atoms with E-state index in [-0.39, 0.29) is 25.1 Å². The molecule has 1 heterocycles. The van der Waals surface area contributed by atoms with E-state index in [1.54, 1.807) is 63.2 Å². The Labute approximate surface area is 317 Å². The molecule has 1 aliphatic heterocycles. The SMILES string of the molecule is C=CC1CC1(NC(=O)C1Cc2cc(Oc3cccc(Cl)c3)ccc2CN1C(=O)C(Nc1cccc(C(F)(F)F)c1)C(C)(C)C)C(=O)NS(=O)(=O)C1(C)CC1. The van der Waals surface area contributed by atoms with Gasteiger partial charge in [0.25, 0.3) is 5.91 Å². The number of amides is 3. The van der Waals surface area contributed by atoms with E-state index < -0.39 is 73.2 Å². The highest BCUT2D eigenvalue weighted by Gasteiger charge is 2.62. The third-order valence-corrected chi connectivity index (χ3v) is 12.8. The van der Waals surface area contributed by atoms with Crippen molar-refractivity contribution in [1.29, 1.82) is 0 Å². The van der Waals surface area contributed by atoms with Gasteiger partial charge in [0.2, 0.25) is 21.8 Å². The van der Waals surface area contributed by atoms with E-state index in [9.17, 15) is 36.0 Å². The first-order valence-corrected chi connectivity index (χ1v) is 19.3. The Morgan fingerprint density at radius 2 is 1.69 bits per heavy atom. The van der Waals surface area contributed by atoms with Crippen molar-refractivity contribution in [2.24, 2.45) is 11.3 Å². The van der Waals surface area contributed by atoms with Crippen LogP contribution in [0.3, 0.4) is 0 Å². The van der Waals surface area contributed by atoms with E-state index in [0.717, 1.165) is 12.1 Å². The van der Waals surface area contributed by atoms with Gasteiger partial charge >= 0.3 is 6.18 Å². The Morgan fingerprint density at radius 3 is 2.30 bits per heavy atom. The number of benzene rings is 3. The average Bonchev–Trinajstić information content (AvgIpc) is 4.02. The predicted molar refractivity (Wildman–Crippen MR) is 198 cm³/mol. The molecule has 0 radical (unpaired) electrons. The summed E-state index contributed by atoms with van der Waals surface area (Å²) >= 11 is 6.14. The minimum atomic E-state index is -4.61. The summed E-state index contributed by atoms with van der Waals surface area (Å²) in [5.41, 5.74) is -1.94. The van der Waals surface area contributed by atoms with Crippen molar-refractivity contribution in [2.45, 2.75) is 88.5 Å².